The van der Waals surface area contributed by atoms with E-state index in [1.54, 1.807) is 24.3 Å². The van der Waals surface area contributed by atoms with Crippen molar-refractivity contribution in [1.29, 1.82) is 0 Å². The Bertz CT molecular complexity index is 1010. The Hall–Kier alpha value is -3.06. The van der Waals surface area contributed by atoms with Gasteiger partial charge in [-0.1, -0.05) is 24.3 Å². The Morgan fingerprint density at radius 2 is 1.85 bits per heavy atom. The fourth-order valence-electron chi connectivity index (χ4n) is 2.96. The van der Waals surface area contributed by atoms with Gasteiger partial charge in [0.15, 0.2) is 0 Å². The van der Waals surface area contributed by atoms with E-state index in [2.05, 4.69) is 9.97 Å². The first kappa shape index (κ1) is 17.8. The number of nitro groups is 1. The molecule has 26 heavy (non-hydrogen) atoms. The minimum Gasteiger partial charge on any atom is -0.309 e. The number of hydrogen-bond donors (Lipinski definition) is 1. The average Bonchev–Trinajstić information content (AvgIpc) is 2.66. The van der Waals surface area contributed by atoms with Gasteiger partial charge in [0, 0.05) is 18.2 Å². The zero-order valence-electron chi connectivity index (χ0n) is 14.8. The van der Waals surface area contributed by atoms with E-state index < -0.39 is 4.92 Å². The highest BCUT2D eigenvalue weighted by atomic mass is 16.6. The number of H-pyrrole nitrogens is 1. The van der Waals surface area contributed by atoms with Crippen LogP contribution in [-0.4, -0.2) is 26.8 Å². The Labute approximate surface area is 150 Å². The van der Waals surface area contributed by atoms with Crippen LogP contribution in [0.4, 0.5) is 5.69 Å². The summed E-state index contributed by atoms with van der Waals surface area (Å²) in [5.41, 5.74) is 1.37. The van der Waals surface area contributed by atoms with Crippen molar-refractivity contribution in [3.63, 3.8) is 0 Å². The number of aromatic nitrogens is 2. The topological polar surface area (TPSA) is 92.1 Å². The van der Waals surface area contributed by atoms with Crippen molar-refractivity contribution in [3.8, 4) is 0 Å². The third kappa shape index (κ3) is 3.34. The number of fused-ring (bicyclic) bond motifs is 1. The quantitative estimate of drug-likeness (QED) is 0.559. The van der Waals surface area contributed by atoms with Gasteiger partial charge in [-0.05, 0) is 38.6 Å². The van der Waals surface area contributed by atoms with Crippen LogP contribution in [0.15, 0.2) is 53.3 Å². The van der Waals surface area contributed by atoms with Crippen LogP contribution in [0.1, 0.15) is 37.3 Å². The van der Waals surface area contributed by atoms with Gasteiger partial charge >= 0.3 is 0 Å². The summed E-state index contributed by atoms with van der Waals surface area (Å²) in [5, 5.41) is 11.6. The first-order valence-electron chi connectivity index (χ1n) is 8.33. The Kier molecular flexibility index (Phi) is 4.81. The summed E-state index contributed by atoms with van der Waals surface area (Å²) < 4.78 is 0. The molecular formula is C19H20N4O3. The predicted molar refractivity (Wildman–Crippen MR) is 100 cm³/mol. The summed E-state index contributed by atoms with van der Waals surface area (Å²) >= 11 is 0. The van der Waals surface area contributed by atoms with Crippen LogP contribution in [0.5, 0.6) is 0 Å². The zero-order chi connectivity index (χ0) is 18.8. The number of hydrogen-bond acceptors (Lipinski definition) is 5. The van der Waals surface area contributed by atoms with Gasteiger partial charge in [0.2, 0.25) is 0 Å². The molecule has 1 aromatic heterocycles. The molecule has 134 valence electrons. The molecule has 0 aliphatic carbocycles. The van der Waals surface area contributed by atoms with E-state index in [0.717, 1.165) is 5.56 Å². The highest BCUT2D eigenvalue weighted by Gasteiger charge is 2.22. The molecule has 3 rings (SSSR count). The Morgan fingerprint density at radius 3 is 2.58 bits per heavy atom. The summed E-state index contributed by atoms with van der Waals surface area (Å²) in [6.07, 6.45) is 0. The molecular weight excluding hydrogens is 332 g/mol. The number of rotatable bonds is 5. The molecule has 0 aliphatic rings. The standard InChI is InChI=1S/C19H20N4O3/c1-12(14-7-6-8-15(11-14)23(25)26)22(3)13(2)18-20-17-10-5-4-9-16(17)19(24)21-18/h4-13H,1-3H3,(H,20,21,24)/t12-,13+/m0/s1. The van der Waals surface area contributed by atoms with Gasteiger partial charge in [-0.25, -0.2) is 4.98 Å². The van der Waals surface area contributed by atoms with E-state index in [4.69, 9.17) is 0 Å². The van der Waals surface area contributed by atoms with E-state index in [0.29, 0.717) is 16.7 Å². The van der Waals surface area contributed by atoms with Crippen molar-refractivity contribution >= 4 is 16.6 Å². The minimum atomic E-state index is -0.401. The third-order valence-electron chi connectivity index (χ3n) is 4.81. The molecule has 7 nitrogen and oxygen atoms in total. The molecule has 0 unspecified atom stereocenters. The minimum absolute atomic E-state index is 0.0626. The maximum absolute atomic E-state index is 12.3. The summed E-state index contributed by atoms with van der Waals surface area (Å²) in [6, 6.07) is 13.5. The number of nitrogens with zero attached hydrogens (tertiary/aromatic N) is 3. The van der Waals surface area contributed by atoms with Crippen LogP contribution in [0.2, 0.25) is 0 Å². The summed E-state index contributed by atoms with van der Waals surface area (Å²) in [6.45, 7) is 3.91. The highest BCUT2D eigenvalue weighted by molar-refractivity contribution is 5.77. The average molecular weight is 352 g/mol. The van der Waals surface area contributed by atoms with Crippen molar-refractivity contribution in [3.05, 3.63) is 80.4 Å². The summed E-state index contributed by atoms with van der Waals surface area (Å²) in [4.78, 5) is 32.3. The van der Waals surface area contributed by atoms with Crippen LogP contribution in [0.25, 0.3) is 10.9 Å². The summed E-state index contributed by atoms with van der Waals surface area (Å²) in [7, 11) is 1.91. The fraction of sp³-hybridized carbons (Fsp3) is 0.263. The number of para-hydroxylation sites is 1. The molecule has 0 saturated heterocycles. The lowest BCUT2D eigenvalue weighted by Gasteiger charge is -2.30. The van der Waals surface area contributed by atoms with Gasteiger partial charge in [-0.2, -0.15) is 0 Å². The predicted octanol–water partition coefficient (Wildman–Crippen LogP) is 3.59. The third-order valence-corrected chi connectivity index (χ3v) is 4.81. The zero-order valence-corrected chi connectivity index (χ0v) is 14.8. The van der Waals surface area contributed by atoms with E-state index in [1.807, 2.05) is 44.0 Å². The second-order valence-electron chi connectivity index (χ2n) is 6.34. The molecule has 0 fully saturated rings. The second kappa shape index (κ2) is 7.05. The van der Waals surface area contributed by atoms with Crippen LogP contribution in [0.3, 0.4) is 0 Å². The maximum atomic E-state index is 12.3. The van der Waals surface area contributed by atoms with E-state index in [9.17, 15) is 14.9 Å². The van der Waals surface area contributed by atoms with Gasteiger partial charge in [0.05, 0.1) is 21.9 Å². The normalized spacial score (nSPS) is 13.7. The van der Waals surface area contributed by atoms with Crippen LogP contribution < -0.4 is 5.56 Å². The van der Waals surface area contributed by atoms with E-state index >= 15 is 0 Å². The first-order valence-corrected chi connectivity index (χ1v) is 8.33. The largest absolute Gasteiger partial charge is 0.309 e. The Balaban J connectivity index is 1.92. The van der Waals surface area contributed by atoms with E-state index in [-0.39, 0.29) is 23.3 Å². The van der Waals surface area contributed by atoms with E-state index in [1.165, 1.54) is 6.07 Å². The lowest BCUT2D eigenvalue weighted by Crippen LogP contribution is -2.28. The number of nitro benzene ring substituents is 1. The summed E-state index contributed by atoms with van der Waals surface area (Å²) in [5.74, 6) is 0.563. The number of nitrogens with one attached hydrogen (secondary N) is 1. The molecule has 1 heterocycles. The first-order chi connectivity index (χ1) is 12.4. The molecule has 7 heteroatoms. The van der Waals surface area contributed by atoms with Crippen molar-refractivity contribution in [2.75, 3.05) is 7.05 Å². The van der Waals surface area contributed by atoms with Gasteiger partial charge < -0.3 is 4.98 Å². The molecule has 0 saturated carbocycles. The number of non-ortho nitro benzene ring substituents is 1. The number of aromatic amines is 1. The smallest absolute Gasteiger partial charge is 0.269 e. The molecule has 1 N–H and O–H groups in total. The van der Waals surface area contributed by atoms with Crippen molar-refractivity contribution < 1.29 is 4.92 Å². The second-order valence-corrected chi connectivity index (χ2v) is 6.34. The lowest BCUT2D eigenvalue weighted by atomic mass is 10.0. The van der Waals surface area contributed by atoms with Crippen LogP contribution in [-0.2, 0) is 0 Å². The lowest BCUT2D eigenvalue weighted by molar-refractivity contribution is -0.385. The molecule has 0 spiro atoms. The van der Waals surface area contributed by atoms with Crippen LogP contribution >= 0.6 is 0 Å². The Morgan fingerprint density at radius 1 is 1.12 bits per heavy atom. The fourth-order valence-corrected chi connectivity index (χ4v) is 2.96. The molecule has 0 aliphatic heterocycles. The molecule has 2 aromatic carbocycles. The van der Waals surface area contributed by atoms with Gasteiger partial charge in [0.1, 0.15) is 5.82 Å². The highest BCUT2D eigenvalue weighted by Crippen LogP contribution is 2.28. The van der Waals surface area contributed by atoms with Gasteiger partial charge in [0.25, 0.3) is 11.2 Å². The molecule has 2 atom stereocenters. The van der Waals surface area contributed by atoms with Gasteiger partial charge in [-0.15, -0.1) is 0 Å². The van der Waals surface area contributed by atoms with Crippen molar-refractivity contribution in [2.45, 2.75) is 25.9 Å². The van der Waals surface area contributed by atoms with Crippen molar-refractivity contribution in [1.82, 2.24) is 14.9 Å². The van der Waals surface area contributed by atoms with Crippen LogP contribution in [0, 0.1) is 10.1 Å². The number of benzene rings is 2. The maximum Gasteiger partial charge on any atom is 0.269 e. The molecule has 0 amide bonds. The van der Waals surface area contributed by atoms with Crippen molar-refractivity contribution in [2.24, 2.45) is 0 Å². The molecule has 0 bridgehead atoms. The molecule has 0 radical (unpaired) electrons. The van der Waals surface area contributed by atoms with Gasteiger partial charge in [-0.3, -0.25) is 19.8 Å². The molecule has 3 aromatic rings. The monoisotopic (exact) mass is 352 g/mol. The SMILES string of the molecule is C[C@H](c1nc2ccccc2c(=O)[nH]1)N(C)[C@@H](C)c1cccc([N+](=O)[O-])c1.